The zero-order valence-corrected chi connectivity index (χ0v) is 10.0. The molecule has 0 saturated carbocycles. The Labute approximate surface area is 102 Å². The molecule has 1 aromatic rings. The molecule has 0 radical (unpaired) electrons. The predicted octanol–water partition coefficient (Wildman–Crippen LogP) is 1.74. The summed E-state index contributed by atoms with van der Waals surface area (Å²) in [5, 5.41) is 12.7. The molecule has 0 aromatic heterocycles. The van der Waals surface area contributed by atoms with Crippen LogP contribution in [0.15, 0.2) is 41.7 Å². The van der Waals surface area contributed by atoms with E-state index in [2.05, 4.69) is 17.4 Å². The van der Waals surface area contributed by atoms with Crippen LogP contribution in [0.1, 0.15) is 24.8 Å². The van der Waals surface area contributed by atoms with Gasteiger partial charge in [-0.1, -0.05) is 30.3 Å². The molecule has 0 amide bonds. The Morgan fingerprint density at radius 2 is 2.06 bits per heavy atom. The van der Waals surface area contributed by atoms with E-state index in [0.717, 1.165) is 37.2 Å². The van der Waals surface area contributed by atoms with E-state index in [-0.39, 0.29) is 12.5 Å². The Hall–Kier alpha value is -1.48. The standard InChI is InChI=1S/C14H20N2O/c15-13-8-4-7-12(10-17)14(13)16-9-11-5-2-1-3-6-11/h1-3,5-6,12,16-17H,4,7-10,15H2. The highest BCUT2D eigenvalue weighted by Gasteiger charge is 2.20. The van der Waals surface area contributed by atoms with E-state index in [1.54, 1.807) is 0 Å². The molecule has 0 aliphatic heterocycles. The molecule has 1 aliphatic carbocycles. The van der Waals surface area contributed by atoms with Crippen LogP contribution < -0.4 is 11.1 Å². The highest BCUT2D eigenvalue weighted by Crippen LogP contribution is 2.25. The lowest BCUT2D eigenvalue weighted by atomic mass is 9.90. The summed E-state index contributed by atoms with van der Waals surface area (Å²) in [4.78, 5) is 0. The minimum absolute atomic E-state index is 0.178. The molecule has 0 saturated heterocycles. The maximum atomic E-state index is 9.35. The third kappa shape index (κ3) is 3.01. The zero-order valence-electron chi connectivity index (χ0n) is 10.0. The fourth-order valence-corrected chi connectivity index (χ4v) is 2.31. The number of hydrogen-bond donors (Lipinski definition) is 3. The van der Waals surface area contributed by atoms with Gasteiger partial charge in [0.05, 0.1) is 6.61 Å². The molecular formula is C14H20N2O. The van der Waals surface area contributed by atoms with Gasteiger partial charge >= 0.3 is 0 Å². The Balaban J connectivity index is 2.01. The van der Waals surface area contributed by atoms with Crippen molar-refractivity contribution in [3.05, 3.63) is 47.3 Å². The molecule has 1 atom stereocenters. The highest BCUT2D eigenvalue weighted by molar-refractivity contribution is 5.19. The zero-order chi connectivity index (χ0) is 12.1. The summed E-state index contributed by atoms with van der Waals surface area (Å²) in [7, 11) is 0. The molecule has 0 spiro atoms. The molecule has 0 bridgehead atoms. The van der Waals surface area contributed by atoms with E-state index >= 15 is 0 Å². The number of nitrogens with two attached hydrogens (primary N) is 1. The van der Waals surface area contributed by atoms with Crippen LogP contribution >= 0.6 is 0 Å². The summed E-state index contributed by atoms with van der Waals surface area (Å²) in [6, 6.07) is 10.2. The van der Waals surface area contributed by atoms with E-state index in [9.17, 15) is 5.11 Å². The van der Waals surface area contributed by atoms with Crippen molar-refractivity contribution >= 4 is 0 Å². The van der Waals surface area contributed by atoms with Gasteiger partial charge < -0.3 is 16.2 Å². The Morgan fingerprint density at radius 3 is 2.76 bits per heavy atom. The fraction of sp³-hybridized carbons (Fsp3) is 0.429. The Kier molecular flexibility index (Phi) is 4.04. The summed E-state index contributed by atoms with van der Waals surface area (Å²) in [5.41, 5.74) is 9.20. The van der Waals surface area contributed by atoms with Gasteiger partial charge in [-0.15, -0.1) is 0 Å². The predicted molar refractivity (Wildman–Crippen MR) is 68.9 cm³/mol. The van der Waals surface area contributed by atoms with Crippen LogP contribution in [0.25, 0.3) is 0 Å². The fourth-order valence-electron chi connectivity index (χ4n) is 2.31. The minimum atomic E-state index is 0.178. The van der Waals surface area contributed by atoms with Gasteiger partial charge in [0, 0.05) is 23.9 Å². The SMILES string of the molecule is NC1=C(NCc2ccccc2)C(CO)CCC1. The highest BCUT2D eigenvalue weighted by atomic mass is 16.3. The lowest BCUT2D eigenvalue weighted by Gasteiger charge is -2.26. The van der Waals surface area contributed by atoms with Crippen LogP contribution in [0.4, 0.5) is 0 Å². The lowest BCUT2D eigenvalue weighted by Crippen LogP contribution is -2.29. The molecule has 3 nitrogen and oxygen atoms in total. The first-order valence-corrected chi connectivity index (χ1v) is 6.18. The number of allylic oxidation sites excluding steroid dienone is 1. The van der Waals surface area contributed by atoms with E-state index in [4.69, 9.17) is 5.73 Å². The van der Waals surface area contributed by atoms with Crippen molar-refractivity contribution in [1.29, 1.82) is 0 Å². The second-order valence-corrected chi connectivity index (χ2v) is 4.55. The van der Waals surface area contributed by atoms with Crippen molar-refractivity contribution in [3.63, 3.8) is 0 Å². The maximum Gasteiger partial charge on any atom is 0.0514 e. The Bertz CT molecular complexity index is 386. The molecule has 3 heteroatoms. The molecule has 1 unspecified atom stereocenters. The molecule has 0 heterocycles. The average Bonchev–Trinajstić information content (AvgIpc) is 2.38. The molecule has 2 rings (SSSR count). The van der Waals surface area contributed by atoms with Gasteiger partial charge in [0.2, 0.25) is 0 Å². The van der Waals surface area contributed by atoms with E-state index in [0.29, 0.717) is 0 Å². The molecule has 1 aliphatic rings. The number of aliphatic hydroxyl groups excluding tert-OH is 1. The topological polar surface area (TPSA) is 58.3 Å². The van der Waals surface area contributed by atoms with Crippen molar-refractivity contribution in [2.24, 2.45) is 11.7 Å². The Morgan fingerprint density at radius 1 is 1.29 bits per heavy atom. The van der Waals surface area contributed by atoms with Crippen LogP contribution in [-0.4, -0.2) is 11.7 Å². The van der Waals surface area contributed by atoms with E-state index in [1.807, 2.05) is 18.2 Å². The number of nitrogens with one attached hydrogen (secondary N) is 1. The largest absolute Gasteiger partial charge is 0.401 e. The van der Waals surface area contributed by atoms with Crippen molar-refractivity contribution in [2.45, 2.75) is 25.8 Å². The normalized spacial score (nSPS) is 20.4. The van der Waals surface area contributed by atoms with Crippen molar-refractivity contribution in [2.75, 3.05) is 6.61 Å². The third-order valence-corrected chi connectivity index (χ3v) is 3.30. The molecule has 92 valence electrons. The number of benzene rings is 1. The number of aliphatic hydroxyl groups is 1. The van der Waals surface area contributed by atoms with Gasteiger partial charge in [0.25, 0.3) is 0 Å². The van der Waals surface area contributed by atoms with Crippen molar-refractivity contribution in [3.8, 4) is 0 Å². The van der Waals surface area contributed by atoms with Crippen LogP contribution in [0, 0.1) is 5.92 Å². The summed E-state index contributed by atoms with van der Waals surface area (Å²) >= 11 is 0. The van der Waals surface area contributed by atoms with Crippen LogP contribution in [0.2, 0.25) is 0 Å². The molecule has 17 heavy (non-hydrogen) atoms. The quantitative estimate of drug-likeness (QED) is 0.741. The van der Waals surface area contributed by atoms with Gasteiger partial charge in [-0.2, -0.15) is 0 Å². The van der Waals surface area contributed by atoms with Crippen LogP contribution in [0.3, 0.4) is 0 Å². The first-order valence-electron chi connectivity index (χ1n) is 6.18. The monoisotopic (exact) mass is 232 g/mol. The van der Waals surface area contributed by atoms with Crippen LogP contribution in [0.5, 0.6) is 0 Å². The lowest BCUT2D eigenvalue weighted by molar-refractivity contribution is 0.225. The maximum absolute atomic E-state index is 9.35. The van der Waals surface area contributed by atoms with Gasteiger partial charge in [-0.05, 0) is 24.8 Å². The van der Waals surface area contributed by atoms with E-state index < -0.39 is 0 Å². The summed E-state index contributed by atoms with van der Waals surface area (Å²) < 4.78 is 0. The first-order chi connectivity index (χ1) is 8.31. The summed E-state index contributed by atoms with van der Waals surface area (Å²) in [6.07, 6.45) is 3.04. The second-order valence-electron chi connectivity index (χ2n) is 4.55. The summed E-state index contributed by atoms with van der Waals surface area (Å²) in [5.74, 6) is 0.187. The van der Waals surface area contributed by atoms with Gasteiger partial charge in [-0.25, -0.2) is 0 Å². The average molecular weight is 232 g/mol. The number of hydrogen-bond acceptors (Lipinski definition) is 3. The number of rotatable bonds is 4. The molecule has 4 N–H and O–H groups in total. The van der Waals surface area contributed by atoms with Crippen LogP contribution in [-0.2, 0) is 6.54 Å². The third-order valence-electron chi connectivity index (χ3n) is 3.30. The van der Waals surface area contributed by atoms with E-state index in [1.165, 1.54) is 5.56 Å². The smallest absolute Gasteiger partial charge is 0.0514 e. The van der Waals surface area contributed by atoms with Gasteiger partial charge in [0.15, 0.2) is 0 Å². The van der Waals surface area contributed by atoms with Gasteiger partial charge in [-0.3, -0.25) is 0 Å². The minimum Gasteiger partial charge on any atom is -0.401 e. The van der Waals surface area contributed by atoms with Gasteiger partial charge in [0.1, 0.15) is 0 Å². The molecular weight excluding hydrogens is 212 g/mol. The molecule has 1 aromatic carbocycles. The second kappa shape index (κ2) is 5.73. The van der Waals surface area contributed by atoms with Crippen molar-refractivity contribution < 1.29 is 5.11 Å². The first kappa shape index (κ1) is 12.0. The molecule has 0 fully saturated rings. The van der Waals surface area contributed by atoms with Crippen molar-refractivity contribution in [1.82, 2.24) is 5.32 Å². The summed E-state index contributed by atoms with van der Waals surface area (Å²) in [6.45, 7) is 0.950.